The summed E-state index contributed by atoms with van der Waals surface area (Å²) in [6.45, 7) is 5.94. The van der Waals surface area contributed by atoms with Crippen LogP contribution < -0.4 is 10.3 Å². The molecule has 2 aromatic heterocycles. The number of sulfonamides is 1. The molecule has 9 heteroatoms. The number of rotatable bonds is 6. The molecule has 30 heavy (non-hydrogen) atoms. The van der Waals surface area contributed by atoms with Crippen LogP contribution in [0.4, 0.5) is 0 Å². The zero-order chi connectivity index (χ0) is 22.2. The van der Waals surface area contributed by atoms with E-state index in [2.05, 4.69) is 18.6 Å². The number of carbonyl (C=O) groups is 1. The van der Waals surface area contributed by atoms with Gasteiger partial charge in [0.15, 0.2) is 0 Å². The second-order valence-electron chi connectivity index (χ2n) is 7.41. The summed E-state index contributed by atoms with van der Waals surface area (Å²) in [5, 5.41) is 0.696. The molecule has 0 unspecified atom stereocenters. The number of carbonyl (C=O) groups excluding carboxylic acids is 1. The van der Waals surface area contributed by atoms with Gasteiger partial charge in [0.25, 0.3) is 0 Å². The number of hydrogen-bond donors (Lipinski definition) is 1. The Labute approximate surface area is 174 Å². The van der Waals surface area contributed by atoms with Crippen molar-refractivity contribution in [1.82, 2.24) is 9.29 Å². The molecule has 0 aliphatic rings. The van der Waals surface area contributed by atoms with Crippen molar-refractivity contribution < 1.29 is 22.4 Å². The van der Waals surface area contributed by atoms with Gasteiger partial charge in [-0.25, -0.2) is 22.7 Å². The minimum Gasteiger partial charge on any atom is -0.456 e. The molecule has 8 nitrogen and oxygen atoms in total. The number of esters is 1. The van der Waals surface area contributed by atoms with Crippen molar-refractivity contribution in [3.63, 3.8) is 0 Å². The van der Waals surface area contributed by atoms with E-state index in [1.807, 2.05) is 19.1 Å². The molecule has 0 amide bonds. The number of benzene rings is 1. The minimum absolute atomic E-state index is 0.0395. The highest BCUT2D eigenvalue weighted by atomic mass is 32.2. The molecule has 0 atom stereocenters. The van der Waals surface area contributed by atoms with Gasteiger partial charge < -0.3 is 13.7 Å². The van der Waals surface area contributed by atoms with Gasteiger partial charge in [-0.3, -0.25) is 0 Å². The average Bonchev–Trinajstić information content (AvgIpc) is 3.07. The molecule has 0 radical (unpaired) electrons. The van der Waals surface area contributed by atoms with Gasteiger partial charge in [-0.15, -0.1) is 0 Å². The van der Waals surface area contributed by atoms with E-state index in [9.17, 15) is 18.0 Å². The highest BCUT2D eigenvalue weighted by Gasteiger charge is 2.21. The van der Waals surface area contributed by atoms with Crippen LogP contribution >= 0.6 is 0 Å². The Bertz CT molecular complexity index is 1280. The summed E-state index contributed by atoms with van der Waals surface area (Å²) in [7, 11) is -0.842. The van der Waals surface area contributed by atoms with E-state index >= 15 is 0 Å². The van der Waals surface area contributed by atoms with Crippen molar-refractivity contribution in [1.29, 1.82) is 0 Å². The third-order valence-electron chi connectivity index (χ3n) is 4.97. The van der Waals surface area contributed by atoms with Gasteiger partial charge in [-0.1, -0.05) is 13.8 Å². The van der Waals surface area contributed by atoms with Crippen molar-refractivity contribution in [2.75, 3.05) is 7.05 Å². The predicted octanol–water partition coefficient (Wildman–Crippen LogP) is 2.83. The lowest BCUT2D eigenvalue weighted by molar-refractivity contribution is 0.0462. The van der Waals surface area contributed by atoms with Crippen LogP contribution in [0.5, 0.6) is 0 Å². The number of aromatic nitrogens is 1. The molecule has 160 valence electrons. The topological polar surface area (TPSA) is 108 Å². The zero-order valence-corrected chi connectivity index (χ0v) is 18.3. The highest BCUT2D eigenvalue weighted by molar-refractivity contribution is 7.89. The van der Waals surface area contributed by atoms with E-state index in [4.69, 9.17) is 9.15 Å². The van der Waals surface area contributed by atoms with Gasteiger partial charge in [0.05, 0.1) is 0 Å². The van der Waals surface area contributed by atoms with E-state index in [0.717, 1.165) is 11.1 Å². The lowest BCUT2D eigenvalue weighted by Crippen LogP contribution is -2.17. The molecular formula is C21H24N2O6S. The maximum absolute atomic E-state index is 12.6. The molecule has 0 bridgehead atoms. The fourth-order valence-electron chi connectivity index (χ4n) is 3.35. The smallest absolute Gasteiger partial charge is 0.355 e. The molecule has 0 aliphatic heterocycles. The molecule has 2 heterocycles. The summed E-state index contributed by atoms with van der Waals surface area (Å²) in [6, 6.07) is 6.30. The summed E-state index contributed by atoms with van der Waals surface area (Å²) >= 11 is 0. The molecule has 0 saturated carbocycles. The first-order chi connectivity index (χ1) is 14.0. The van der Waals surface area contributed by atoms with E-state index in [1.165, 1.54) is 29.9 Å². The average molecular weight is 432 g/mol. The van der Waals surface area contributed by atoms with Crippen LogP contribution in [0.15, 0.2) is 44.6 Å². The maximum atomic E-state index is 12.6. The van der Waals surface area contributed by atoms with Gasteiger partial charge >= 0.3 is 11.6 Å². The highest BCUT2D eigenvalue weighted by Crippen LogP contribution is 2.27. The Kier molecular flexibility index (Phi) is 5.87. The fourth-order valence-corrected chi connectivity index (χ4v) is 4.15. The zero-order valence-electron chi connectivity index (χ0n) is 17.5. The van der Waals surface area contributed by atoms with Crippen LogP contribution in [0.2, 0.25) is 0 Å². The van der Waals surface area contributed by atoms with Gasteiger partial charge in [0, 0.05) is 30.3 Å². The SMILES string of the molecule is CNS(=O)(=O)c1cc(C(=O)OCc2cc(=O)oc3cc(C)c(C(C)C)cc23)n(C)c1. The van der Waals surface area contributed by atoms with Gasteiger partial charge in [0.2, 0.25) is 10.0 Å². The number of ether oxygens (including phenoxy) is 1. The number of fused-ring (bicyclic) bond motifs is 1. The van der Waals surface area contributed by atoms with Crippen molar-refractivity contribution in [2.45, 2.75) is 38.2 Å². The van der Waals surface area contributed by atoms with Crippen LogP contribution in [0.3, 0.4) is 0 Å². The van der Waals surface area contributed by atoms with Gasteiger partial charge in [0.1, 0.15) is 22.8 Å². The first-order valence-electron chi connectivity index (χ1n) is 9.37. The first kappa shape index (κ1) is 21.8. The molecule has 0 spiro atoms. The standard InChI is InChI=1S/C21H24N2O6S/c1-12(2)16-9-17-14(7-20(24)29-19(17)6-13(16)3)11-28-21(25)18-8-15(10-23(18)5)30(26,27)22-4/h6-10,12,22H,11H2,1-5H3. The Hall–Kier alpha value is -2.91. The quantitative estimate of drug-likeness (QED) is 0.474. The van der Waals surface area contributed by atoms with Gasteiger partial charge in [-0.05, 0) is 49.2 Å². The fraction of sp³-hybridized carbons (Fsp3) is 0.333. The van der Waals surface area contributed by atoms with Crippen molar-refractivity contribution in [3.05, 3.63) is 63.3 Å². The lowest BCUT2D eigenvalue weighted by atomic mass is 9.95. The Morgan fingerprint density at radius 2 is 1.93 bits per heavy atom. The summed E-state index contributed by atoms with van der Waals surface area (Å²) in [5.74, 6) is -0.430. The summed E-state index contributed by atoms with van der Waals surface area (Å²) in [6.07, 6.45) is 1.33. The monoisotopic (exact) mass is 432 g/mol. The van der Waals surface area contributed by atoms with E-state index in [1.54, 1.807) is 7.05 Å². The van der Waals surface area contributed by atoms with Crippen LogP contribution in [0.25, 0.3) is 11.0 Å². The first-order valence-corrected chi connectivity index (χ1v) is 10.9. The molecule has 0 fully saturated rings. The largest absolute Gasteiger partial charge is 0.456 e. The number of nitrogens with zero attached hydrogens (tertiary/aromatic N) is 1. The second kappa shape index (κ2) is 8.08. The Morgan fingerprint density at radius 1 is 1.23 bits per heavy atom. The predicted molar refractivity (Wildman–Crippen MR) is 112 cm³/mol. The Balaban J connectivity index is 1.93. The third kappa shape index (κ3) is 4.17. The Morgan fingerprint density at radius 3 is 2.57 bits per heavy atom. The molecule has 3 aromatic rings. The minimum atomic E-state index is -3.68. The molecular weight excluding hydrogens is 408 g/mol. The van der Waals surface area contributed by atoms with E-state index in [0.29, 0.717) is 16.5 Å². The lowest BCUT2D eigenvalue weighted by Gasteiger charge is -2.13. The normalized spacial score (nSPS) is 11.9. The summed E-state index contributed by atoms with van der Waals surface area (Å²) < 4.78 is 38.2. The van der Waals surface area contributed by atoms with Gasteiger partial charge in [-0.2, -0.15) is 0 Å². The second-order valence-corrected chi connectivity index (χ2v) is 9.29. The summed E-state index contributed by atoms with van der Waals surface area (Å²) in [5.41, 5.74) is 2.61. The molecule has 0 saturated heterocycles. The molecule has 0 aliphatic carbocycles. The van der Waals surface area contributed by atoms with Crippen molar-refractivity contribution in [2.24, 2.45) is 7.05 Å². The third-order valence-corrected chi connectivity index (χ3v) is 6.35. The maximum Gasteiger partial charge on any atom is 0.355 e. The van der Waals surface area contributed by atoms with Crippen LogP contribution in [0, 0.1) is 6.92 Å². The number of aryl methyl sites for hydroxylation is 2. The molecule has 1 aromatic carbocycles. The van der Waals surface area contributed by atoms with Crippen LogP contribution in [-0.2, 0) is 28.4 Å². The molecule has 1 N–H and O–H groups in total. The van der Waals surface area contributed by atoms with E-state index in [-0.39, 0.29) is 23.1 Å². The summed E-state index contributed by atoms with van der Waals surface area (Å²) in [4.78, 5) is 24.5. The van der Waals surface area contributed by atoms with Crippen LogP contribution in [-0.4, -0.2) is 26.0 Å². The van der Waals surface area contributed by atoms with Crippen molar-refractivity contribution in [3.8, 4) is 0 Å². The van der Waals surface area contributed by atoms with E-state index < -0.39 is 21.6 Å². The number of hydrogen-bond acceptors (Lipinski definition) is 6. The van der Waals surface area contributed by atoms with Crippen molar-refractivity contribution >= 4 is 27.0 Å². The molecule has 3 rings (SSSR count). The number of nitrogens with one attached hydrogen (secondary N) is 1. The van der Waals surface area contributed by atoms with Crippen LogP contribution in [0.1, 0.15) is 46.9 Å².